The Kier molecular flexibility index (Phi) is 4.60. The third-order valence-electron chi connectivity index (χ3n) is 3.62. The minimum atomic E-state index is -0.262. The molecule has 0 aliphatic heterocycles. The van der Waals surface area contributed by atoms with E-state index in [9.17, 15) is 4.79 Å². The lowest BCUT2D eigenvalue weighted by molar-refractivity contribution is 0.101. The van der Waals surface area contributed by atoms with Crippen molar-refractivity contribution in [2.24, 2.45) is 0 Å². The zero-order valence-corrected chi connectivity index (χ0v) is 14.6. The molecule has 0 spiro atoms. The lowest BCUT2D eigenvalue weighted by atomic mass is 10.2. The molecular formula is C15H22ClN5O. The summed E-state index contributed by atoms with van der Waals surface area (Å²) in [6.45, 7) is 12.2. The molecule has 0 saturated heterocycles. The second-order valence-corrected chi connectivity index (χ2v) is 5.98. The van der Waals surface area contributed by atoms with E-state index in [0.29, 0.717) is 23.0 Å². The van der Waals surface area contributed by atoms with Crippen LogP contribution in [0.25, 0.3) is 0 Å². The van der Waals surface area contributed by atoms with E-state index in [1.54, 1.807) is 11.6 Å². The maximum Gasteiger partial charge on any atom is 0.275 e. The van der Waals surface area contributed by atoms with Crippen molar-refractivity contribution >= 4 is 23.2 Å². The number of anilines is 1. The zero-order valence-electron chi connectivity index (χ0n) is 13.9. The van der Waals surface area contributed by atoms with Gasteiger partial charge < -0.3 is 5.32 Å². The number of hydrogen-bond donors (Lipinski definition) is 1. The Hall–Kier alpha value is -1.82. The van der Waals surface area contributed by atoms with Crippen molar-refractivity contribution < 1.29 is 4.79 Å². The van der Waals surface area contributed by atoms with E-state index in [0.717, 1.165) is 17.1 Å². The van der Waals surface area contributed by atoms with Crippen molar-refractivity contribution in [2.75, 3.05) is 5.32 Å². The van der Waals surface area contributed by atoms with E-state index in [4.69, 9.17) is 11.6 Å². The fraction of sp³-hybridized carbons (Fsp3) is 0.533. The largest absolute Gasteiger partial charge is 0.317 e. The SMILES string of the molecule is CCn1nc(C)c(Cl)c1C(=O)Nc1c(C)nn(C(C)C)c1C. The Morgan fingerprint density at radius 1 is 1.23 bits per heavy atom. The van der Waals surface area contributed by atoms with Gasteiger partial charge in [0.1, 0.15) is 5.69 Å². The topological polar surface area (TPSA) is 64.7 Å². The third-order valence-corrected chi connectivity index (χ3v) is 4.07. The number of hydrogen-bond acceptors (Lipinski definition) is 3. The zero-order chi connectivity index (χ0) is 16.6. The van der Waals surface area contributed by atoms with Crippen LogP contribution >= 0.6 is 11.6 Å². The van der Waals surface area contributed by atoms with Gasteiger partial charge in [0, 0.05) is 12.6 Å². The molecule has 0 radical (unpaired) electrons. The predicted octanol–water partition coefficient (Wildman–Crippen LogP) is 3.51. The smallest absolute Gasteiger partial charge is 0.275 e. The number of carbonyl (C=O) groups is 1. The molecular weight excluding hydrogens is 302 g/mol. The highest BCUT2D eigenvalue weighted by Crippen LogP contribution is 2.25. The summed E-state index contributed by atoms with van der Waals surface area (Å²) < 4.78 is 3.51. The Morgan fingerprint density at radius 2 is 1.86 bits per heavy atom. The fourth-order valence-electron chi connectivity index (χ4n) is 2.52. The summed E-state index contributed by atoms with van der Waals surface area (Å²) in [4.78, 5) is 12.6. The number of aryl methyl sites for hydroxylation is 3. The van der Waals surface area contributed by atoms with Gasteiger partial charge in [0.15, 0.2) is 0 Å². The summed E-state index contributed by atoms with van der Waals surface area (Å²) in [5.74, 6) is -0.262. The van der Waals surface area contributed by atoms with Crippen molar-refractivity contribution in [3.05, 3.63) is 27.8 Å². The number of nitrogens with one attached hydrogen (secondary N) is 1. The van der Waals surface area contributed by atoms with Gasteiger partial charge >= 0.3 is 0 Å². The molecule has 6 nitrogen and oxygen atoms in total. The van der Waals surface area contributed by atoms with E-state index >= 15 is 0 Å². The highest BCUT2D eigenvalue weighted by atomic mass is 35.5. The molecule has 120 valence electrons. The number of amides is 1. The molecule has 0 saturated carbocycles. The standard InChI is InChI=1S/C15H22ClN5O/c1-7-20-14(12(16)9(4)18-20)15(22)17-13-10(5)19-21(8(2)3)11(13)6/h8H,7H2,1-6H3,(H,17,22). The van der Waals surface area contributed by atoms with Crippen LogP contribution in [0.1, 0.15) is 54.4 Å². The molecule has 2 rings (SSSR count). The number of aromatic nitrogens is 4. The second-order valence-electron chi connectivity index (χ2n) is 5.60. The van der Waals surface area contributed by atoms with Crippen LogP contribution in [0, 0.1) is 20.8 Å². The summed E-state index contributed by atoms with van der Waals surface area (Å²) in [6.07, 6.45) is 0. The van der Waals surface area contributed by atoms with E-state index in [1.807, 2.05) is 25.5 Å². The average Bonchev–Trinajstić information content (AvgIpc) is 2.90. The molecule has 0 aromatic carbocycles. The summed E-state index contributed by atoms with van der Waals surface area (Å²) in [5.41, 5.74) is 3.49. The molecule has 0 aliphatic carbocycles. The fourth-order valence-corrected chi connectivity index (χ4v) is 2.75. The maximum atomic E-state index is 12.6. The van der Waals surface area contributed by atoms with Crippen LogP contribution in [-0.4, -0.2) is 25.5 Å². The monoisotopic (exact) mass is 323 g/mol. The minimum Gasteiger partial charge on any atom is -0.317 e. The molecule has 0 fully saturated rings. The molecule has 7 heteroatoms. The van der Waals surface area contributed by atoms with Gasteiger partial charge in [0.25, 0.3) is 5.91 Å². The first-order valence-electron chi connectivity index (χ1n) is 7.37. The van der Waals surface area contributed by atoms with Gasteiger partial charge in [0.05, 0.1) is 27.8 Å². The molecule has 22 heavy (non-hydrogen) atoms. The highest BCUT2D eigenvalue weighted by Gasteiger charge is 2.22. The van der Waals surface area contributed by atoms with Crippen molar-refractivity contribution in [3.8, 4) is 0 Å². The van der Waals surface area contributed by atoms with E-state index in [2.05, 4.69) is 29.4 Å². The predicted molar refractivity (Wildman–Crippen MR) is 87.7 cm³/mol. The lowest BCUT2D eigenvalue weighted by Crippen LogP contribution is -2.18. The van der Waals surface area contributed by atoms with E-state index in [-0.39, 0.29) is 11.9 Å². The molecule has 2 heterocycles. The van der Waals surface area contributed by atoms with E-state index in [1.165, 1.54) is 0 Å². The number of nitrogens with zero attached hydrogens (tertiary/aromatic N) is 4. The van der Waals surface area contributed by atoms with Gasteiger partial charge in [-0.2, -0.15) is 10.2 Å². The average molecular weight is 324 g/mol. The van der Waals surface area contributed by atoms with Gasteiger partial charge in [-0.3, -0.25) is 14.2 Å². The summed E-state index contributed by atoms with van der Waals surface area (Å²) >= 11 is 6.22. The van der Waals surface area contributed by atoms with Gasteiger partial charge in [-0.1, -0.05) is 11.6 Å². The van der Waals surface area contributed by atoms with Gasteiger partial charge in [-0.25, -0.2) is 0 Å². The quantitative estimate of drug-likeness (QED) is 0.936. The Morgan fingerprint density at radius 3 is 2.36 bits per heavy atom. The highest BCUT2D eigenvalue weighted by molar-refractivity contribution is 6.34. The van der Waals surface area contributed by atoms with Crippen LogP contribution in [0.15, 0.2) is 0 Å². The van der Waals surface area contributed by atoms with Crippen LogP contribution in [-0.2, 0) is 6.54 Å². The summed E-state index contributed by atoms with van der Waals surface area (Å²) in [7, 11) is 0. The first-order valence-corrected chi connectivity index (χ1v) is 7.75. The number of carbonyl (C=O) groups excluding carboxylic acids is 1. The normalized spacial score (nSPS) is 11.3. The minimum absolute atomic E-state index is 0.233. The third kappa shape index (κ3) is 2.75. The van der Waals surface area contributed by atoms with Crippen molar-refractivity contribution in [1.29, 1.82) is 0 Å². The molecule has 0 bridgehead atoms. The molecule has 1 amide bonds. The molecule has 2 aromatic heterocycles. The van der Waals surface area contributed by atoms with Gasteiger partial charge in [-0.05, 0) is 41.5 Å². The molecule has 0 atom stereocenters. The number of halogens is 1. The van der Waals surface area contributed by atoms with Crippen LogP contribution in [0.3, 0.4) is 0 Å². The van der Waals surface area contributed by atoms with Crippen LogP contribution in [0.5, 0.6) is 0 Å². The van der Waals surface area contributed by atoms with Gasteiger partial charge in [0.2, 0.25) is 0 Å². The first kappa shape index (κ1) is 16.5. The van der Waals surface area contributed by atoms with Crippen LogP contribution in [0.4, 0.5) is 5.69 Å². The van der Waals surface area contributed by atoms with Gasteiger partial charge in [-0.15, -0.1) is 0 Å². The lowest BCUT2D eigenvalue weighted by Gasteiger charge is -2.10. The Bertz CT molecular complexity index is 714. The summed E-state index contributed by atoms with van der Waals surface area (Å²) in [6, 6.07) is 0.233. The first-order chi connectivity index (χ1) is 10.3. The van der Waals surface area contributed by atoms with Crippen LogP contribution < -0.4 is 5.32 Å². The molecule has 0 aliphatic rings. The van der Waals surface area contributed by atoms with Crippen molar-refractivity contribution in [1.82, 2.24) is 19.6 Å². The second kappa shape index (κ2) is 6.12. The van der Waals surface area contributed by atoms with Crippen LogP contribution in [0.2, 0.25) is 5.02 Å². The molecule has 2 aromatic rings. The maximum absolute atomic E-state index is 12.6. The van der Waals surface area contributed by atoms with Crippen molar-refractivity contribution in [2.45, 2.75) is 54.1 Å². The molecule has 1 N–H and O–H groups in total. The van der Waals surface area contributed by atoms with E-state index < -0.39 is 0 Å². The Labute approximate surface area is 135 Å². The Balaban J connectivity index is 2.38. The van der Waals surface area contributed by atoms with Crippen molar-refractivity contribution in [3.63, 3.8) is 0 Å². The number of rotatable bonds is 4. The summed E-state index contributed by atoms with van der Waals surface area (Å²) in [5, 5.41) is 12.1. The molecule has 0 unspecified atom stereocenters.